The van der Waals surface area contributed by atoms with Gasteiger partial charge < -0.3 is 24.1 Å². The Balaban J connectivity index is 1.65. The number of hydrogen-bond acceptors (Lipinski definition) is 6. The van der Waals surface area contributed by atoms with Crippen LogP contribution in [-0.2, 0) is 23.8 Å². The standard InChI is InChI=1S/C19H22F6O6/c20-18(21,22)16(9-13(26)27,19(23,24)25)31-14(28)15-6-10-4-11(7-15)17(12(5-10)8-15)29-2-1-3-30-17/h10-12H,1-9H2,(H,26,27)/p-1. The molecule has 2 unspecified atom stereocenters. The van der Waals surface area contributed by atoms with Crippen LogP contribution in [0.2, 0.25) is 0 Å². The average Bonchev–Trinajstić information content (AvgIpc) is 2.63. The number of carbonyl (C=O) groups is 2. The predicted octanol–water partition coefficient (Wildman–Crippen LogP) is 2.49. The van der Waals surface area contributed by atoms with Gasteiger partial charge in [0.2, 0.25) is 0 Å². The van der Waals surface area contributed by atoms with Crippen molar-refractivity contribution in [1.82, 2.24) is 0 Å². The summed E-state index contributed by atoms with van der Waals surface area (Å²) in [5.74, 6) is -6.09. The Morgan fingerprint density at radius 1 is 0.935 bits per heavy atom. The van der Waals surface area contributed by atoms with E-state index in [1.165, 1.54) is 0 Å². The molecule has 5 aliphatic rings. The second-order valence-corrected chi connectivity index (χ2v) is 9.16. The van der Waals surface area contributed by atoms with Crippen molar-refractivity contribution in [3.8, 4) is 0 Å². The Hall–Kier alpha value is -1.56. The van der Waals surface area contributed by atoms with Crippen molar-refractivity contribution in [1.29, 1.82) is 0 Å². The zero-order valence-corrected chi connectivity index (χ0v) is 16.3. The highest BCUT2D eigenvalue weighted by molar-refractivity contribution is 5.79. The first-order valence-corrected chi connectivity index (χ1v) is 10.1. The lowest BCUT2D eigenvalue weighted by atomic mass is 9.47. The van der Waals surface area contributed by atoms with Gasteiger partial charge in [0.15, 0.2) is 5.79 Å². The highest BCUT2D eigenvalue weighted by atomic mass is 19.4. The fourth-order valence-corrected chi connectivity index (χ4v) is 6.19. The van der Waals surface area contributed by atoms with Crippen LogP contribution in [0.1, 0.15) is 44.9 Å². The Morgan fingerprint density at radius 3 is 1.90 bits per heavy atom. The topological polar surface area (TPSA) is 84.9 Å². The molecule has 0 aromatic rings. The van der Waals surface area contributed by atoms with Crippen LogP contribution in [0.3, 0.4) is 0 Å². The van der Waals surface area contributed by atoms with E-state index in [9.17, 15) is 41.0 Å². The number of carboxylic acid groups (broad SMARTS) is 1. The van der Waals surface area contributed by atoms with E-state index < -0.39 is 47.5 Å². The molecule has 4 bridgehead atoms. The van der Waals surface area contributed by atoms with Crippen LogP contribution in [0.5, 0.6) is 0 Å². The van der Waals surface area contributed by atoms with Gasteiger partial charge in [-0.15, -0.1) is 0 Å². The summed E-state index contributed by atoms with van der Waals surface area (Å²) in [7, 11) is 0. The van der Waals surface area contributed by atoms with Gasteiger partial charge in [-0.3, -0.25) is 4.79 Å². The van der Waals surface area contributed by atoms with Gasteiger partial charge in [-0.25, -0.2) is 0 Å². The third kappa shape index (κ3) is 3.32. The van der Waals surface area contributed by atoms with Gasteiger partial charge in [-0.05, 0) is 44.4 Å². The van der Waals surface area contributed by atoms with Crippen LogP contribution in [0.25, 0.3) is 0 Å². The molecule has 12 heteroatoms. The molecule has 0 amide bonds. The van der Waals surface area contributed by atoms with E-state index in [4.69, 9.17) is 9.47 Å². The van der Waals surface area contributed by atoms with E-state index in [-0.39, 0.29) is 37.0 Å². The van der Waals surface area contributed by atoms with E-state index in [0.29, 0.717) is 32.5 Å². The van der Waals surface area contributed by atoms with Crippen LogP contribution in [0, 0.1) is 23.2 Å². The highest BCUT2D eigenvalue weighted by Gasteiger charge is 2.76. The molecule has 4 saturated carbocycles. The van der Waals surface area contributed by atoms with Crippen molar-refractivity contribution < 1.29 is 55.2 Å². The summed E-state index contributed by atoms with van der Waals surface area (Å²) in [5, 5.41) is 10.8. The molecule has 1 saturated heterocycles. The first kappa shape index (κ1) is 22.6. The molecule has 2 atom stereocenters. The zero-order chi connectivity index (χ0) is 22.9. The van der Waals surface area contributed by atoms with Crippen molar-refractivity contribution in [2.75, 3.05) is 13.2 Å². The average molecular weight is 459 g/mol. The van der Waals surface area contributed by atoms with Gasteiger partial charge in [0.1, 0.15) is 0 Å². The minimum absolute atomic E-state index is 0.0318. The monoisotopic (exact) mass is 459 g/mol. The van der Waals surface area contributed by atoms with Crippen molar-refractivity contribution >= 4 is 11.9 Å². The molecule has 1 heterocycles. The number of carbonyl (C=O) groups excluding carboxylic acids is 2. The number of carboxylic acids is 1. The molecule has 31 heavy (non-hydrogen) atoms. The second-order valence-electron chi connectivity index (χ2n) is 9.16. The van der Waals surface area contributed by atoms with E-state index in [0.717, 1.165) is 0 Å². The van der Waals surface area contributed by atoms with E-state index in [2.05, 4.69) is 4.74 Å². The molecular formula is C19H21F6O6-. The number of esters is 1. The van der Waals surface area contributed by atoms with E-state index in [1.807, 2.05) is 0 Å². The number of alkyl halides is 6. The Labute approximate surface area is 173 Å². The van der Waals surface area contributed by atoms with Gasteiger partial charge in [0.05, 0.1) is 18.6 Å². The number of halogens is 6. The second kappa shape index (κ2) is 6.97. The number of aliphatic carboxylic acids is 1. The third-order valence-electron chi connectivity index (χ3n) is 7.28. The largest absolute Gasteiger partial charge is 0.550 e. The lowest BCUT2D eigenvalue weighted by molar-refractivity contribution is -0.388. The molecule has 5 fully saturated rings. The Morgan fingerprint density at radius 2 is 1.45 bits per heavy atom. The normalized spacial score (nSPS) is 34.7. The van der Waals surface area contributed by atoms with Gasteiger partial charge in [0, 0.05) is 24.2 Å². The van der Waals surface area contributed by atoms with Gasteiger partial charge >= 0.3 is 23.9 Å². The molecule has 0 radical (unpaired) electrons. The molecule has 0 N–H and O–H groups in total. The first-order valence-electron chi connectivity index (χ1n) is 10.1. The summed E-state index contributed by atoms with van der Waals surface area (Å²) in [4.78, 5) is 23.7. The first-order chi connectivity index (χ1) is 14.2. The molecule has 5 rings (SSSR count). The highest BCUT2D eigenvalue weighted by Crippen LogP contribution is 2.66. The lowest BCUT2D eigenvalue weighted by Gasteiger charge is -2.64. The predicted molar refractivity (Wildman–Crippen MR) is 85.8 cm³/mol. The summed E-state index contributed by atoms with van der Waals surface area (Å²) in [6.07, 6.45) is -13.1. The number of ether oxygens (including phenoxy) is 3. The zero-order valence-electron chi connectivity index (χ0n) is 16.3. The van der Waals surface area contributed by atoms with Gasteiger partial charge in [-0.2, -0.15) is 26.3 Å². The van der Waals surface area contributed by atoms with Crippen molar-refractivity contribution in [3.05, 3.63) is 0 Å². The minimum atomic E-state index is -6.19. The minimum Gasteiger partial charge on any atom is -0.550 e. The Bertz CT molecular complexity index is 724. The Kier molecular flexibility index (Phi) is 5.09. The van der Waals surface area contributed by atoms with Crippen LogP contribution < -0.4 is 5.11 Å². The number of hydrogen-bond donors (Lipinski definition) is 0. The summed E-state index contributed by atoms with van der Waals surface area (Å²) >= 11 is 0. The van der Waals surface area contributed by atoms with Crippen LogP contribution in [0.4, 0.5) is 26.3 Å². The SMILES string of the molecule is O=C([O-])CC(OC(=O)C12CC3CC(C1)C1(OCCCO1)C(C3)C2)(C(F)(F)F)C(F)(F)F. The smallest absolute Gasteiger partial charge is 0.437 e. The summed E-state index contributed by atoms with van der Waals surface area (Å²) < 4.78 is 97.1. The maximum absolute atomic E-state index is 13.5. The van der Waals surface area contributed by atoms with E-state index in [1.54, 1.807) is 0 Å². The molecule has 0 aromatic carbocycles. The maximum atomic E-state index is 13.5. The molecule has 6 nitrogen and oxygen atoms in total. The van der Waals surface area contributed by atoms with Crippen molar-refractivity contribution in [2.24, 2.45) is 23.2 Å². The number of rotatable bonds is 4. The molecule has 0 aromatic heterocycles. The molecule has 1 spiro atoms. The fourth-order valence-electron chi connectivity index (χ4n) is 6.19. The van der Waals surface area contributed by atoms with E-state index >= 15 is 0 Å². The molecule has 176 valence electrons. The maximum Gasteiger partial charge on any atom is 0.437 e. The van der Waals surface area contributed by atoms with Crippen LogP contribution in [0.15, 0.2) is 0 Å². The van der Waals surface area contributed by atoms with Crippen molar-refractivity contribution in [3.63, 3.8) is 0 Å². The van der Waals surface area contributed by atoms with Crippen LogP contribution >= 0.6 is 0 Å². The van der Waals surface area contributed by atoms with Gasteiger partial charge in [0.25, 0.3) is 0 Å². The van der Waals surface area contributed by atoms with Crippen LogP contribution in [-0.4, -0.2) is 48.9 Å². The lowest BCUT2D eigenvalue weighted by Crippen LogP contribution is -2.68. The summed E-state index contributed by atoms with van der Waals surface area (Å²) in [5.41, 5.74) is -6.74. The van der Waals surface area contributed by atoms with Gasteiger partial charge in [-0.1, -0.05) is 0 Å². The third-order valence-corrected chi connectivity index (χ3v) is 7.28. The quantitative estimate of drug-likeness (QED) is 0.475. The fraction of sp³-hybridized carbons (Fsp3) is 0.895. The molecule has 1 aliphatic heterocycles. The van der Waals surface area contributed by atoms with Crippen molar-refractivity contribution in [2.45, 2.75) is 68.7 Å². The summed E-state index contributed by atoms with van der Waals surface area (Å²) in [6, 6.07) is 0. The molecule has 4 aliphatic carbocycles. The molecular weight excluding hydrogens is 438 g/mol. The summed E-state index contributed by atoms with van der Waals surface area (Å²) in [6.45, 7) is 0.845.